The summed E-state index contributed by atoms with van der Waals surface area (Å²) in [5.41, 5.74) is 3.66. The summed E-state index contributed by atoms with van der Waals surface area (Å²) in [6.45, 7) is 7.02. The van der Waals surface area contributed by atoms with Crippen LogP contribution >= 0.6 is 0 Å². The van der Waals surface area contributed by atoms with Crippen molar-refractivity contribution in [2.75, 3.05) is 13.1 Å². The van der Waals surface area contributed by atoms with Crippen LogP contribution in [0.1, 0.15) is 28.7 Å². The molecule has 3 aromatic rings. The second kappa shape index (κ2) is 5.49. The summed E-state index contributed by atoms with van der Waals surface area (Å²) in [6, 6.07) is 6.37. The van der Waals surface area contributed by atoms with Crippen LogP contribution in [0.2, 0.25) is 0 Å². The third-order valence-electron chi connectivity index (χ3n) is 5.64. The smallest absolute Gasteiger partial charge is 0.172 e. The van der Waals surface area contributed by atoms with Gasteiger partial charge >= 0.3 is 0 Å². The number of hydrogen-bond acceptors (Lipinski definition) is 5. The molecule has 0 radical (unpaired) electrons. The highest BCUT2D eigenvalue weighted by Crippen LogP contribution is 2.55. The Kier molecular flexibility index (Phi) is 3.24. The number of piperidine rings is 1. The van der Waals surface area contributed by atoms with Crippen LogP contribution in [-0.2, 0) is 6.54 Å². The van der Waals surface area contributed by atoms with E-state index in [0.29, 0.717) is 24.3 Å². The van der Waals surface area contributed by atoms with E-state index in [1.807, 2.05) is 0 Å². The van der Waals surface area contributed by atoms with Crippen molar-refractivity contribution < 1.29 is 0 Å². The Bertz CT molecular complexity index is 902. The van der Waals surface area contributed by atoms with E-state index in [0.717, 1.165) is 30.4 Å². The average molecular weight is 335 g/mol. The molecule has 2 aromatic heterocycles. The van der Waals surface area contributed by atoms with Crippen LogP contribution in [0.5, 0.6) is 0 Å². The molecule has 25 heavy (non-hydrogen) atoms. The fraction of sp³-hybridized carbons (Fsp3) is 0.444. The number of hydrogen-bond donors (Lipinski definition) is 1. The zero-order valence-corrected chi connectivity index (χ0v) is 14.4. The molecule has 3 heterocycles. The summed E-state index contributed by atoms with van der Waals surface area (Å²) in [7, 11) is 0. The van der Waals surface area contributed by atoms with Crippen molar-refractivity contribution in [1.82, 2.24) is 34.8 Å². The first kappa shape index (κ1) is 14.8. The largest absolute Gasteiger partial charge is 0.316 e. The van der Waals surface area contributed by atoms with Gasteiger partial charge in [0.25, 0.3) is 0 Å². The molecular weight excluding hydrogens is 314 g/mol. The fourth-order valence-corrected chi connectivity index (χ4v) is 4.05. The molecule has 1 saturated carbocycles. The van der Waals surface area contributed by atoms with E-state index in [9.17, 15) is 0 Å². The monoisotopic (exact) mass is 335 g/mol. The topological polar surface area (TPSA) is 73.5 Å². The summed E-state index contributed by atoms with van der Waals surface area (Å²) in [6.07, 6.45) is 3.24. The van der Waals surface area contributed by atoms with Crippen molar-refractivity contribution in [1.29, 1.82) is 0 Å². The van der Waals surface area contributed by atoms with Crippen molar-refractivity contribution in [3.05, 3.63) is 53.6 Å². The van der Waals surface area contributed by atoms with E-state index in [-0.39, 0.29) is 0 Å². The molecule has 3 atom stereocenters. The highest BCUT2D eigenvalue weighted by Gasteiger charge is 2.56. The maximum Gasteiger partial charge on any atom is 0.172 e. The lowest BCUT2D eigenvalue weighted by atomic mass is 10.1. The van der Waals surface area contributed by atoms with Crippen LogP contribution in [0.25, 0.3) is 5.69 Å². The van der Waals surface area contributed by atoms with E-state index >= 15 is 0 Å². The highest BCUT2D eigenvalue weighted by molar-refractivity contribution is 5.45. The zero-order chi connectivity index (χ0) is 17.0. The molecule has 1 aliphatic carbocycles. The molecule has 1 N–H and O–H groups in total. The second-order valence-electron chi connectivity index (χ2n) is 7.12. The van der Waals surface area contributed by atoms with E-state index in [1.165, 1.54) is 11.1 Å². The quantitative estimate of drug-likeness (QED) is 0.781. The summed E-state index contributed by atoms with van der Waals surface area (Å²) in [5, 5.41) is 12.5. The second-order valence-corrected chi connectivity index (χ2v) is 7.12. The van der Waals surface area contributed by atoms with Crippen molar-refractivity contribution in [3.63, 3.8) is 0 Å². The Balaban J connectivity index is 1.58. The van der Waals surface area contributed by atoms with Gasteiger partial charge in [0.1, 0.15) is 25.0 Å². The average Bonchev–Trinajstić information content (AvgIpc) is 3.11. The molecule has 0 bridgehead atoms. The van der Waals surface area contributed by atoms with E-state index in [4.69, 9.17) is 10.1 Å². The number of nitrogens with one attached hydrogen (secondary N) is 1. The lowest BCUT2D eigenvalue weighted by Gasteiger charge is -2.12. The van der Waals surface area contributed by atoms with Crippen molar-refractivity contribution in [2.45, 2.75) is 26.3 Å². The van der Waals surface area contributed by atoms with Gasteiger partial charge in [-0.05, 0) is 56.0 Å². The molecule has 2 aliphatic rings. The normalized spacial score (nSPS) is 24.5. The minimum absolute atomic E-state index is 0.512. The van der Waals surface area contributed by atoms with Gasteiger partial charge in [-0.3, -0.25) is 0 Å². The van der Waals surface area contributed by atoms with Gasteiger partial charge in [0, 0.05) is 5.92 Å². The number of rotatable bonds is 4. The van der Waals surface area contributed by atoms with Gasteiger partial charge in [0.05, 0.1) is 5.69 Å². The van der Waals surface area contributed by atoms with Crippen molar-refractivity contribution in [2.24, 2.45) is 11.8 Å². The number of aromatic nitrogens is 6. The van der Waals surface area contributed by atoms with Crippen molar-refractivity contribution in [3.8, 4) is 5.69 Å². The molecule has 1 aromatic carbocycles. The van der Waals surface area contributed by atoms with Crippen LogP contribution in [-0.4, -0.2) is 42.6 Å². The van der Waals surface area contributed by atoms with Gasteiger partial charge in [0.2, 0.25) is 0 Å². The Morgan fingerprint density at radius 1 is 1.20 bits per heavy atom. The van der Waals surface area contributed by atoms with Crippen LogP contribution in [0.3, 0.4) is 0 Å². The van der Waals surface area contributed by atoms with Crippen LogP contribution in [0, 0.1) is 25.7 Å². The summed E-state index contributed by atoms with van der Waals surface area (Å²) < 4.78 is 3.83. The molecule has 5 rings (SSSR count). The van der Waals surface area contributed by atoms with Crippen LogP contribution in [0.15, 0.2) is 30.9 Å². The Morgan fingerprint density at radius 2 is 2.04 bits per heavy atom. The molecule has 7 nitrogen and oxygen atoms in total. The molecule has 1 unspecified atom stereocenters. The Hall–Kier alpha value is -2.54. The predicted octanol–water partition coefficient (Wildman–Crippen LogP) is 1.46. The molecule has 7 heteroatoms. The molecule has 0 spiro atoms. The molecule has 128 valence electrons. The fourth-order valence-electron chi connectivity index (χ4n) is 4.05. The first-order valence-corrected chi connectivity index (χ1v) is 8.78. The van der Waals surface area contributed by atoms with Crippen molar-refractivity contribution >= 4 is 0 Å². The highest BCUT2D eigenvalue weighted by atomic mass is 15.4. The predicted molar refractivity (Wildman–Crippen MR) is 92.5 cm³/mol. The van der Waals surface area contributed by atoms with Crippen LogP contribution in [0.4, 0.5) is 0 Å². The van der Waals surface area contributed by atoms with E-state index in [1.54, 1.807) is 17.3 Å². The van der Waals surface area contributed by atoms with Gasteiger partial charge in [-0.15, -0.1) is 5.10 Å². The van der Waals surface area contributed by atoms with Gasteiger partial charge in [-0.25, -0.2) is 19.3 Å². The SMILES string of the molecule is Cc1cccc(-n2nc(Cn3cncn3)nc2C2[C@H]3CNC[C@@H]23)c1C. The third kappa shape index (κ3) is 2.38. The van der Waals surface area contributed by atoms with Gasteiger partial charge in [0.15, 0.2) is 5.82 Å². The molecule has 2 fully saturated rings. The summed E-state index contributed by atoms with van der Waals surface area (Å²) in [4.78, 5) is 8.92. The van der Waals surface area contributed by atoms with Gasteiger partial charge in [-0.2, -0.15) is 5.10 Å². The first-order valence-electron chi connectivity index (χ1n) is 8.78. The standard InChI is InChI=1S/C18H21N7/c1-11-4-3-5-15(12(11)2)25-18(17-13-6-19-7-14(13)17)22-16(23-25)8-24-10-20-9-21-24/h3-5,9-10,13-14,17,19H,6-8H2,1-2H3/t13-,14+,17?. The number of benzene rings is 1. The molecular formula is C18H21N7. The molecule has 0 amide bonds. The van der Waals surface area contributed by atoms with E-state index in [2.05, 4.69) is 52.1 Å². The lowest BCUT2D eigenvalue weighted by Crippen LogP contribution is -2.16. The number of nitrogens with zero attached hydrogens (tertiary/aromatic N) is 6. The number of fused-ring (bicyclic) bond motifs is 1. The summed E-state index contributed by atoms with van der Waals surface area (Å²) in [5.74, 6) is 3.80. The first-order chi connectivity index (χ1) is 12.2. The minimum Gasteiger partial charge on any atom is -0.316 e. The zero-order valence-electron chi connectivity index (χ0n) is 14.4. The maximum atomic E-state index is 4.91. The summed E-state index contributed by atoms with van der Waals surface area (Å²) >= 11 is 0. The Morgan fingerprint density at radius 3 is 2.80 bits per heavy atom. The minimum atomic E-state index is 0.512. The van der Waals surface area contributed by atoms with E-state index < -0.39 is 0 Å². The number of aryl methyl sites for hydroxylation is 1. The van der Waals surface area contributed by atoms with Gasteiger partial charge < -0.3 is 5.32 Å². The molecule has 1 saturated heterocycles. The maximum absolute atomic E-state index is 4.91. The molecule has 1 aliphatic heterocycles. The third-order valence-corrected chi connectivity index (χ3v) is 5.64. The van der Waals surface area contributed by atoms with Crippen LogP contribution < -0.4 is 5.32 Å². The van der Waals surface area contributed by atoms with Gasteiger partial charge in [-0.1, -0.05) is 12.1 Å². The Labute approximate surface area is 146 Å². The lowest BCUT2D eigenvalue weighted by molar-refractivity contribution is 0.643.